The van der Waals surface area contributed by atoms with Gasteiger partial charge in [-0.25, -0.2) is 4.39 Å². The molecule has 0 saturated carbocycles. The lowest BCUT2D eigenvalue weighted by atomic mass is 10.3. The second kappa shape index (κ2) is 4.38. The van der Waals surface area contributed by atoms with Crippen molar-refractivity contribution in [1.82, 2.24) is 0 Å². The van der Waals surface area contributed by atoms with Crippen LogP contribution in [-0.4, -0.2) is 6.10 Å². The molecule has 74 valence electrons. The maximum Gasteiger partial charge on any atom is 0.200 e. The highest BCUT2D eigenvalue weighted by Gasteiger charge is 2.13. The van der Waals surface area contributed by atoms with Gasteiger partial charge < -0.3 is 4.74 Å². The van der Waals surface area contributed by atoms with E-state index in [1.807, 2.05) is 0 Å². The molecule has 1 rings (SSSR count). The molecule has 1 aromatic carbocycles. The highest BCUT2D eigenvalue weighted by molar-refractivity contribution is 9.10. The average Bonchev–Trinajstić information content (AvgIpc) is 2.13. The minimum atomic E-state index is -1.09. The summed E-state index contributed by atoms with van der Waals surface area (Å²) in [4.78, 5) is 0. The lowest BCUT2D eigenvalue weighted by Crippen LogP contribution is -2.09. The normalized spacial score (nSPS) is 11.9. The highest BCUT2D eigenvalue weighted by atomic mass is 79.9. The van der Waals surface area contributed by atoms with Gasteiger partial charge in [0.05, 0.1) is 0 Å². The summed E-state index contributed by atoms with van der Waals surface area (Å²) in [5, 5.41) is 8.42. The van der Waals surface area contributed by atoms with Gasteiger partial charge in [-0.05, 0) is 19.1 Å². The Balaban J connectivity index is 3.03. The van der Waals surface area contributed by atoms with Gasteiger partial charge >= 0.3 is 0 Å². The summed E-state index contributed by atoms with van der Waals surface area (Å²) >= 11 is 2.99. The molecule has 0 aliphatic rings. The largest absolute Gasteiger partial charge is 0.473 e. The Bertz CT molecular complexity index is 389. The van der Waals surface area contributed by atoms with Gasteiger partial charge in [0.1, 0.15) is 6.07 Å². The van der Waals surface area contributed by atoms with Gasteiger partial charge in [-0.2, -0.15) is 9.65 Å². The van der Waals surface area contributed by atoms with E-state index < -0.39 is 17.7 Å². The summed E-state index contributed by atoms with van der Waals surface area (Å²) in [6.07, 6.45) is -0.821. The molecule has 0 aromatic heterocycles. The topological polar surface area (TPSA) is 33.0 Å². The SMILES string of the molecule is CC(C#N)Oc1cc(Br)cc(F)c1F. The van der Waals surface area contributed by atoms with Gasteiger partial charge in [0.15, 0.2) is 17.7 Å². The van der Waals surface area contributed by atoms with Crippen molar-refractivity contribution in [3.05, 3.63) is 28.2 Å². The molecule has 0 radical (unpaired) electrons. The second-order valence-electron chi connectivity index (χ2n) is 2.59. The van der Waals surface area contributed by atoms with Crippen LogP contribution in [0.5, 0.6) is 5.75 Å². The quantitative estimate of drug-likeness (QED) is 0.767. The van der Waals surface area contributed by atoms with Crippen LogP contribution in [0.1, 0.15) is 6.92 Å². The maximum atomic E-state index is 13.0. The van der Waals surface area contributed by atoms with Crippen molar-refractivity contribution < 1.29 is 13.5 Å². The van der Waals surface area contributed by atoms with Gasteiger partial charge in [0, 0.05) is 4.47 Å². The standard InChI is InChI=1S/C9H6BrF2NO/c1-5(4-13)14-8-3-6(10)2-7(11)9(8)12/h2-3,5H,1H3. The summed E-state index contributed by atoms with van der Waals surface area (Å²) in [6.45, 7) is 1.44. The van der Waals surface area contributed by atoms with E-state index in [2.05, 4.69) is 15.9 Å². The molecule has 0 spiro atoms. The summed E-state index contributed by atoms with van der Waals surface area (Å²) in [5.41, 5.74) is 0. The van der Waals surface area contributed by atoms with E-state index in [9.17, 15) is 8.78 Å². The molecule has 14 heavy (non-hydrogen) atoms. The molecule has 1 atom stereocenters. The van der Waals surface area contributed by atoms with Crippen LogP contribution in [-0.2, 0) is 0 Å². The van der Waals surface area contributed by atoms with Crippen LogP contribution in [0.15, 0.2) is 16.6 Å². The third-order valence-corrected chi connectivity index (χ3v) is 1.90. The molecule has 0 N–H and O–H groups in total. The number of hydrogen-bond acceptors (Lipinski definition) is 2. The smallest absolute Gasteiger partial charge is 0.200 e. The predicted octanol–water partition coefficient (Wildman–Crippen LogP) is 3.02. The lowest BCUT2D eigenvalue weighted by Gasteiger charge is -2.09. The van der Waals surface area contributed by atoms with Crippen LogP contribution in [0.2, 0.25) is 0 Å². The minimum absolute atomic E-state index is 0.272. The summed E-state index contributed by atoms with van der Waals surface area (Å²) in [5.74, 6) is -2.37. The van der Waals surface area contributed by atoms with E-state index in [4.69, 9.17) is 10.00 Å². The number of nitriles is 1. The first-order valence-electron chi connectivity index (χ1n) is 3.75. The first-order chi connectivity index (χ1) is 6.54. The molecule has 0 heterocycles. The van der Waals surface area contributed by atoms with Crippen molar-refractivity contribution in [3.63, 3.8) is 0 Å². The van der Waals surface area contributed by atoms with Crippen molar-refractivity contribution in [2.45, 2.75) is 13.0 Å². The van der Waals surface area contributed by atoms with Crippen molar-refractivity contribution in [2.24, 2.45) is 0 Å². The number of rotatable bonds is 2. The number of nitrogens with zero attached hydrogens (tertiary/aromatic N) is 1. The predicted molar refractivity (Wildman–Crippen MR) is 49.8 cm³/mol. The maximum absolute atomic E-state index is 13.0. The highest BCUT2D eigenvalue weighted by Crippen LogP contribution is 2.25. The number of ether oxygens (including phenoxy) is 1. The molecule has 1 aromatic rings. The van der Waals surface area contributed by atoms with Gasteiger partial charge in [-0.3, -0.25) is 0 Å². The van der Waals surface area contributed by atoms with Crippen molar-refractivity contribution >= 4 is 15.9 Å². The van der Waals surface area contributed by atoms with E-state index >= 15 is 0 Å². The van der Waals surface area contributed by atoms with E-state index in [1.54, 1.807) is 6.07 Å². The molecule has 0 amide bonds. The van der Waals surface area contributed by atoms with Crippen molar-refractivity contribution in [1.29, 1.82) is 5.26 Å². The first-order valence-corrected chi connectivity index (χ1v) is 4.54. The molecule has 0 bridgehead atoms. The Kier molecular flexibility index (Phi) is 3.42. The Morgan fingerprint density at radius 1 is 1.50 bits per heavy atom. The molecule has 1 unspecified atom stereocenters. The van der Waals surface area contributed by atoms with Crippen molar-refractivity contribution in [3.8, 4) is 11.8 Å². The van der Waals surface area contributed by atoms with E-state index in [0.717, 1.165) is 6.07 Å². The Morgan fingerprint density at radius 2 is 2.14 bits per heavy atom. The van der Waals surface area contributed by atoms with Crippen LogP contribution in [0.25, 0.3) is 0 Å². The number of benzene rings is 1. The van der Waals surface area contributed by atoms with Gasteiger partial charge in [-0.15, -0.1) is 0 Å². The zero-order valence-electron chi connectivity index (χ0n) is 7.22. The fourth-order valence-corrected chi connectivity index (χ4v) is 1.24. The lowest BCUT2D eigenvalue weighted by molar-refractivity contribution is 0.258. The first kappa shape index (κ1) is 10.9. The molecular weight excluding hydrogens is 256 g/mol. The van der Waals surface area contributed by atoms with Gasteiger partial charge in [0.25, 0.3) is 0 Å². The summed E-state index contributed by atoms with van der Waals surface area (Å²) in [7, 11) is 0. The molecule has 0 fully saturated rings. The molecule has 0 saturated heterocycles. The van der Waals surface area contributed by atoms with Gasteiger partial charge in [-0.1, -0.05) is 15.9 Å². The van der Waals surface area contributed by atoms with E-state index in [1.165, 1.54) is 13.0 Å². The van der Waals surface area contributed by atoms with E-state index in [0.29, 0.717) is 4.47 Å². The zero-order chi connectivity index (χ0) is 10.7. The number of hydrogen-bond donors (Lipinski definition) is 0. The molecule has 2 nitrogen and oxygen atoms in total. The Labute approximate surface area is 88.2 Å². The molecule has 5 heteroatoms. The monoisotopic (exact) mass is 261 g/mol. The van der Waals surface area contributed by atoms with Crippen LogP contribution < -0.4 is 4.74 Å². The fraction of sp³-hybridized carbons (Fsp3) is 0.222. The third kappa shape index (κ3) is 2.42. The minimum Gasteiger partial charge on any atom is -0.473 e. The molecule has 0 aliphatic carbocycles. The molecular formula is C9H6BrF2NO. The van der Waals surface area contributed by atoms with Crippen molar-refractivity contribution in [2.75, 3.05) is 0 Å². The second-order valence-corrected chi connectivity index (χ2v) is 3.50. The van der Waals surface area contributed by atoms with Crippen LogP contribution in [0.3, 0.4) is 0 Å². The molecule has 0 aliphatic heterocycles. The third-order valence-electron chi connectivity index (χ3n) is 1.45. The summed E-state index contributed by atoms with van der Waals surface area (Å²) < 4.78 is 31.1. The average molecular weight is 262 g/mol. The summed E-state index contributed by atoms with van der Waals surface area (Å²) in [6, 6.07) is 4.01. The van der Waals surface area contributed by atoms with Crippen LogP contribution >= 0.6 is 15.9 Å². The zero-order valence-corrected chi connectivity index (χ0v) is 8.81. The number of halogens is 3. The fourth-order valence-electron chi connectivity index (χ4n) is 0.835. The van der Waals surface area contributed by atoms with Crippen LogP contribution in [0, 0.1) is 23.0 Å². The van der Waals surface area contributed by atoms with E-state index in [-0.39, 0.29) is 5.75 Å². The van der Waals surface area contributed by atoms with Gasteiger partial charge in [0.2, 0.25) is 5.82 Å². The Hall–Kier alpha value is -1.15. The Morgan fingerprint density at radius 3 is 2.71 bits per heavy atom. The van der Waals surface area contributed by atoms with Crippen LogP contribution in [0.4, 0.5) is 8.78 Å².